The second-order valence-corrected chi connectivity index (χ2v) is 5.88. The number of nitrogens with zero attached hydrogens (tertiary/aromatic N) is 1. The Labute approximate surface area is 109 Å². The van der Waals surface area contributed by atoms with Crippen LogP contribution in [-0.4, -0.2) is 4.98 Å². The van der Waals surface area contributed by atoms with Gasteiger partial charge in [0, 0.05) is 25.7 Å². The Morgan fingerprint density at radius 1 is 0.944 bits per heavy atom. The van der Waals surface area contributed by atoms with Gasteiger partial charge in [-0.3, -0.25) is 0 Å². The molecule has 0 spiro atoms. The van der Waals surface area contributed by atoms with Crippen molar-refractivity contribution in [1.29, 1.82) is 0 Å². The lowest BCUT2D eigenvalue weighted by atomic mass is 10.1. The summed E-state index contributed by atoms with van der Waals surface area (Å²) in [6.45, 7) is 2.15. The molecule has 18 heavy (non-hydrogen) atoms. The van der Waals surface area contributed by atoms with E-state index < -0.39 is 0 Å². The Bertz CT molecular complexity index is 889. The number of hydrogen-bond donors (Lipinski definition) is 0. The largest absolute Gasteiger partial charge is 0.247 e. The number of fused-ring (bicyclic) bond motifs is 4. The first-order valence-electron chi connectivity index (χ1n) is 6.00. The number of pyridine rings is 1. The number of aryl methyl sites for hydroxylation is 1. The second-order valence-electron chi connectivity index (χ2n) is 4.59. The molecule has 86 valence electrons. The van der Waals surface area contributed by atoms with Crippen LogP contribution in [-0.2, 0) is 0 Å². The van der Waals surface area contributed by atoms with Crippen molar-refractivity contribution in [3.05, 3.63) is 53.4 Å². The SMILES string of the molecule is Cc1cc2c(ccc3cc4ccccc4nc32)s1. The number of para-hydroxylation sites is 1. The van der Waals surface area contributed by atoms with E-state index in [4.69, 9.17) is 4.98 Å². The maximum atomic E-state index is 4.83. The second kappa shape index (κ2) is 3.53. The van der Waals surface area contributed by atoms with Crippen molar-refractivity contribution < 1.29 is 0 Å². The smallest absolute Gasteiger partial charge is 0.0796 e. The molecule has 0 saturated carbocycles. The van der Waals surface area contributed by atoms with E-state index >= 15 is 0 Å². The Morgan fingerprint density at radius 3 is 2.78 bits per heavy atom. The van der Waals surface area contributed by atoms with Crippen LogP contribution < -0.4 is 0 Å². The highest BCUT2D eigenvalue weighted by atomic mass is 32.1. The predicted molar refractivity (Wildman–Crippen MR) is 79.4 cm³/mol. The van der Waals surface area contributed by atoms with Gasteiger partial charge >= 0.3 is 0 Å². The van der Waals surface area contributed by atoms with Crippen LogP contribution in [0.3, 0.4) is 0 Å². The van der Waals surface area contributed by atoms with Gasteiger partial charge in [-0.1, -0.05) is 24.3 Å². The first-order valence-corrected chi connectivity index (χ1v) is 6.81. The van der Waals surface area contributed by atoms with Crippen molar-refractivity contribution in [1.82, 2.24) is 4.98 Å². The minimum Gasteiger partial charge on any atom is -0.247 e. The predicted octanol–water partition coefficient (Wildman–Crippen LogP) is 4.91. The Kier molecular flexibility index (Phi) is 1.97. The molecule has 0 bridgehead atoms. The third-order valence-electron chi connectivity index (χ3n) is 3.31. The van der Waals surface area contributed by atoms with Crippen molar-refractivity contribution in [3.8, 4) is 0 Å². The van der Waals surface area contributed by atoms with E-state index in [1.807, 2.05) is 17.4 Å². The normalized spacial score (nSPS) is 11.6. The highest BCUT2D eigenvalue weighted by Gasteiger charge is 2.06. The van der Waals surface area contributed by atoms with Crippen LogP contribution in [0.5, 0.6) is 0 Å². The van der Waals surface area contributed by atoms with Gasteiger partial charge in [-0.25, -0.2) is 4.98 Å². The molecule has 0 saturated heterocycles. The monoisotopic (exact) mass is 249 g/mol. The van der Waals surface area contributed by atoms with Crippen molar-refractivity contribution in [3.63, 3.8) is 0 Å². The molecule has 0 N–H and O–H groups in total. The highest BCUT2D eigenvalue weighted by molar-refractivity contribution is 7.19. The van der Waals surface area contributed by atoms with Gasteiger partial charge in [0.25, 0.3) is 0 Å². The van der Waals surface area contributed by atoms with Crippen LogP contribution in [0.4, 0.5) is 0 Å². The first-order chi connectivity index (χ1) is 8.81. The summed E-state index contributed by atoms with van der Waals surface area (Å²) < 4.78 is 1.32. The number of aromatic nitrogens is 1. The fourth-order valence-electron chi connectivity index (χ4n) is 2.48. The topological polar surface area (TPSA) is 12.9 Å². The van der Waals surface area contributed by atoms with Gasteiger partial charge in [0.1, 0.15) is 0 Å². The fourth-order valence-corrected chi connectivity index (χ4v) is 3.41. The molecule has 0 aliphatic carbocycles. The zero-order valence-electron chi connectivity index (χ0n) is 9.97. The lowest BCUT2D eigenvalue weighted by Crippen LogP contribution is -1.82. The van der Waals surface area contributed by atoms with Gasteiger partial charge in [-0.05, 0) is 31.2 Å². The summed E-state index contributed by atoms with van der Waals surface area (Å²) in [4.78, 5) is 6.17. The van der Waals surface area contributed by atoms with Gasteiger partial charge in [0.05, 0.1) is 11.0 Å². The fraction of sp³-hybridized carbons (Fsp3) is 0.0625. The molecule has 0 fully saturated rings. The highest BCUT2D eigenvalue weighted by Crippen LogP contribution is 2.32. The molecule has 2 heteroatoms. The van der Waals surface area contributed by atoms with Crippen molar-refractivity contribution in [2.45, 2.75) is 6.92 Å². The van der Waals surface area contributed by atoms with Gasteiger partial charge in [-0.2, -0.15) is 0 Å². The maximum Gasteiger partial charge on any atom is 0.0796 e. The molecule has 0 atom stereocenters. The molecule has 0 unspecified atom stereocenters. The minimum atomic E-state index is 1.07. The van der Waals surface area contributed by atoms with E-state index in [0.717, 1.165) is 11.0 Å². The van der Waals surface area contributed by atoms with E-state index in [1.165, 1.54) is 25.7 Å². The molecule has 0 amide bonds. The molecule has 0 radical (unpaired) electrons. The standard InChI is InChI=1S/C16H11NS/c1-10-8-13-15(18-10)7-6-12-9-11-4-2-3-5-14(11)17-16(12)13/h2-9H,1H3. The van der Waals surface area contributed by atoms with Crippen LogP contribution in [0.15, 0.2) is 48.5 Å². The molecule has 1 nitrogen and oxygen atoms in total. The number of hydrogen-bond acceptors (Lipinski definition) is 2. The van der Waals surface area contributed by atoms with Gasteiger partial charge in [-0.15, -0.1) is 11.3 Å². The third-order valence-corrected chi connectivity index (χ3v) is 4.32. The molecule has 4 aromatic rings. The minimum absolute atomic E-state index is 1.07. The van der Waals surface area contributed by atoms with Crippen LogP contribution >= 0.6 is 11.3 Å². The summed E-state index contributed by atoms with van der Waals surface area (Å²) >= 11 is 1.83. The molecular formula is C16H11NS. The van der Waals surface area contributed by atoms with E-state index in [9.17, 15) is 0 Å². The number of rotatable bonds is 0. The van der Waals surface area contributed by atoms with Crippen molar-refractivity contribution in [2.75, 3.05) is 0 Å². The number of thiophene rings is 1. The van der Waals surface area contributed by atoms with Crippen LogP contribution in [0.2, 0.25) is 0 Å². The zero-order chi connectivity index (χ0) is 12.1. The van der Waals surface area contributed by atoms with Crippen LogP contribution in [0, 0.1) is 6.92 Å². The van der Waals surface area contributed by atoms with Gasteiger partial charge in [0.2, 0.25) is 0 Å². The van der Waals surface area contributed by atoms with E-state index in [0.29, 0.717) is 0 Å². The average molecular weight is 249 g/mol. The lowest BCUT2D eigenvalue weighted by molar-refractivity contribution is 1.52. The molecule has 0 aliphatic rings. The maximum absolute atomic E-state index is 4.83. The van der Waals surface area contributed by atoms with E-state index in [2.05, 4.69) is 49.4 Å². The quantitative estimate of drug-likeness (QED) is 0.403. The Balaban J connectivity index is 2.26. The molecule has 2 heterocycles. The third kappa shape index (κ3) is 1.36. The molecule has 2 aromatic carbocycles. The van der Waals surface area contributed by atoms with E-state index in [1.54, 1.807) is 0 Å². The molecule has 4 rings (SSSR count). The van der Waals surface area contributed by atoms with Crippen molar-refractivity contribution >= 4 is 43.2 Å². The summed E-state index contributed by atoms with van der Waals surface area (Å²) in [5.74, 6) is 0. The zero-order valence-corrected chi connectivity index (χ0v) is 10.8. The van der Waals surface area contributed by atoms with Crippen LogP contribution in [0.25, 0.3) is 31.9 Å². The molecule has 0 aliphatic heterocycles. The first kappa shape index (κ1) is 10.0. The van der Waals surface area contributed by atoms with Crippen molar-refractivity contribution in [2.24, 2.45) is 0 Å². The summed E-state index contributed by atoms with van der Waals surface area (Å²) in [5, 5.41) is 3.70. The summed E-state index contributed by atoms with van der Waals surface area (Å²) in [5.41, 5.74) is 2.19. The van der Waals surface area contributed by atoms with Crippen LogP contribution in [0.1, 0.15) is 4.88 Å². The van der Waals surface area contributed by atoms with Gasteiger partial charge in [0.15, 0.2) is 0 Å². The number of benzene rings is 2. The van der Waals surface area contributed by atoms with Gasteiger partial charge < -0.3 is 0 Å². The summed E-state index contributed by atoms with van der Waals surface area (Å²) in [7, 11) is 0. The van der Waals surface area contributed by atoms with E-state index in [-0.39, 0.29) is 0 Å². The Hall–Kier alpha value is -1.93. The summed E-state index contributed by atoms with van der Waals surface area (Å²) in [6, 6.07) is 17.1. The average Bonchev–Trinajstić information content (AvgIpc) is 2.77. The molecular weight excluding hydrogens is 238 g/mol. The summed E-state index contributed by atoms with van der Waals surface area (Å²) in [6.07, 6.45) is 0. The molecule has 2 aromatic heterocycles. The lowest BCUT2D eigenvalue weighted by Gasteiger charge is -2.02. The Morgan fingerprint density at radius 2 is 1.83 bits per heavy atom.